The lowest BCUT2D eigenvalue weighted by Crippen LogP contribution is -1.76. The number of aromatic amines is 1. The first-order valence-corrected chi connectivity index (χ1v) is 3.86. The van der Waals surface area contributed by atoms with E-state index in [4.69, 9.17) is 0 Å². The summed E-state index contributed by atoms with van der Waals surface area (Å²) in [7, 11) is 0. The van der Waals surface area contributed by atoms with Crippen LogP contribution >= 0.6 is 0 Å². The molecule has 0 radical (unpaired) electrons. The molecule has 56 valence electrons. The van der Waals surface area contributed by atoms with Gasteiger partial charge in [0.2, 0.25) is 0 Å². The second-order valence-corrected chi connectivity index (χ2v) is 2.98. The van der Waals surface area contributed by atoms with E-state index in [1.54, 1.807) is 0 Å². The maximum atomic E-state index is 3.06. The van der Waals surface area contributed by atoms with E-state index in [1.165, 1.54) is 16.7 Å². The number of H-pyrrole nitrogens is 1. The molecule has 0 bridgehead atoms. The van der Waals surface area contributed by atoms with E-state index in [0.29, 0.717) is 0 Å². The Hall–Kier alpha value is -1.24. The third-order valence-electron chi connectivity index (χ3n) is 2.01. The number of allylic oxidation sites excluding steroid dienone is 4. The third-order valence-corrected chi connectivity index (χ3v) is 2.01. The summed E-state index contributed by atoms with van der Waals surface area (Å²) in [5.41, 5.74) is 4.18. The summed E-state index contributed by atoms with van der Waals surface area (Å²) in [5.74, 6) is 0. The topological polar surface area (TPSA) is 15.8 Å². The van der Waals surface area contributed by atoms with Gasteiger partial charge in [-0.25, -0.2) is 0 Å². The van der Waals surface area contributed by atoms with E-state index in [-0.39, 0.29) is 0 Å². The van der Waals surface area contributed by atoms with Gasteiger partial charge < -0.3 is 4.98 Å². The molecule has 1 N–H and O–H groups in total. The zero-order chi connectivity index (χ0) is 7.68. The van der Waals surface area contributed by atoms with Crippen LogP contribution in [0.2, 0.25) is 0 Å². The van der Waals surface area contributed by atoms with Gasteiger partial charge >= 0.3 is 0 Å². The fourth-order valence-electron chi connectivity index (χ4n) is 1.38. The van der Waals surface area contributed by atoms with Crippen molar-refractivity contribution in [3.05, 3.63) is 41.7 Å². The van der Waals surface area contributed by atoms with Crippen molar-refractivity contribution in [2.24, 2.45) is 0 Å². The van der Waals surface area contributed by atoms with Crippen molar-refractivity contribution in [1.82, 2.24) is 4.98 Å². The van der Waals surface area contributed by atoms with Crippen LogP contribution in [-0.2, 0) is 0 Å². The highest BCUT2D eigenvalue weighted by atomic mass is 14.6. The van der Waals surface area contributed by atoms with E-state index < -0.39 is 0 Å². The van der Waals surface area contributed by atoms with Crippen LogP contribution in [0, 0.1) is 0 Å². The number of aromatic nitrogens is 1. The van der Waals surface area contributed by atoms with E-state index >= 15 is 0 Å². The highest BCUT2D eigenvalue weighted by Gasteiger charge is 2.06. The Morgan fingerprint density at radius 1 is 1.36 bits per heavy atom. The lowest BCUT2D eigenvalue weighted by Gasteiger charge is -1.96. The molecule has 11 heavy (non-hydrogen) atoms. The quantitative estimate of drug-likeness (QED) is 0.625. The normalized spacial score (nSPS) is 16.5. The molecule has 0 spiro atoms. The Morgan fingerprint density at radius 3 is 2.82 bits per heavy atom. The van der Waals surface area contributed by atoms with Crippen LogP contribution < -0.4 is 0 Å². The van der Waals surface area contributed by atoms with Crippen molar-refractivity contribution in [1.29, 1.82) is 0 Å². The molecule has 1 aromatic heterocycles. The molecule has 1 aliphatic carbocycles. The molecule has 0 amide bonds. The first kappa shape index (κ1) is 6.47. The predicted octanol–water partition coefficient (Wildman–Crippen LogP) is 2.75. The van der Waals surface area contributed by atoms with E-state index in [1.807, 2.05) is 12.4 Å². The summed E-state index contributed by atoms with van der Waals surface area (Å²) in [6.45, 7) is 2.16. The first-order valence-electron chi connectivity index (χ1n) is 3.86. The van der Waals surface area contributed by atoms with Crippen LogP contribution in [0.25, 0.3) is 5.57 Å². The van der Waals surface area contributed by atoms with Crippen molar-refractivity contribution >= 4 is 5.57 Å². The molecular formula is C10H11N. The molecule has 0 saturated carbocycles. The SMILES string of the molecule is CC1=CC=C(c2cc[nH]c2)C1. The largest absolute Gasteiger partial charge is 0.367 e. The minimum atomic E-state index is 1.11. The molecule has 1 heteroatoms. The Bertz CT molecular complexity index is 302. The fourth-order valence-corrected chi connectivity index (χ4v) is 1.38. The molecule has 0 aliphatic heterocycles. The first-order chi connectivity index (χ1) is 5.36. The molecule has 1 heterocycles. The van der Waals surface area contributed by atoms with Crippen LogP contribution in [0.3, 0.4) is 0 Å². The zero-order valence-electron chi connectivity index (χ0n) is 6.59. The minimum Gasteiger partial charge on any atom is -0.367 e. The maximum absolute atomic E-state index is 3.06. The summed E-state index contributed by atoms with van der Waals surface area (Å²) < 4.78 is 0. The summed E-state index contributed by atoms with van der Waals surface area (Å²) >= 11 is 0. The van der Waals surface area contributed by atoms with E-state index in [0.717, 1.165) is 6.42 Å². The summed E-state index contributed by atoms with van der Waals surface area (Å²) in [4.78, 5) is 3.06. The number of hydrogen-bond donors (Lipinski definition) is 1. The molecule has 1 aliphatic rings. The van der Waals surface area contributed by atoms with Gasteiger partial charge in [-0.2, -0.15) is 0 Å². The van der Waals surface area contributed by atoms with Crippen LogP contribution in [-0.4, -0.2) is 4.98 Å². The number of nitrogens with one attached hydrogen (secondary N) is 1. The number of rotatable bonds is 1. The smallest absolute Gasteiger partial charge is 0.00810 e. The summed E-state index contributed by atoms with van der Waals surface area (Å²) in [6, 6.07) is 2.11. The zero-order valence-corrected chi connectivity index (χ0v) is 6.59. The molecule has 0 unspecified atom stereocenters. The lowest BCUT2D eigenvalue weighted by molar-refractivity contribution is 1.26. The van der Waals surface area contributed by atoms with Gasteiger partial charge in [-0.1, -0.05) is 17.7 Å². The van der Waals surface area contributed by atoms with Crippen LogP contribution in [0.1, 0.15) is 18.9 Å². The van der Waals surface area contributed by atoms with Crippen molar-refractivity contribution in [2.75, 3.05) is 0 Å². The van der Waals surface area contributed by atoms with Crippen molar-refractivity contribution in [2.45, 2.75) is 13.3 Å². The molecule has 0 aromatic carbocycles. The van der Waals surface area contributed by atoms with Crippen molar-refractivity contribution < 1.29 is 0 Å². The Labute approximate surface area is 66.4 Å². The van der Waals surface area contributed by atoms with Gasteiger partial charge in [-0.3, -0.25) is 0 Å². The lowest BCUT2D eigenvalue weighted by atomic mass is 10.1. The minimum absolute atomic E-state index is 1.11. The van der Waals surface area contributed by atoms with Crippen LogP contribution in [0.4, 0.5) is 0 Å². The van der Waals surface area contributed by atoms with Gasteiger partial charge in [0.15, 0.2) is 0 Å². The van der Waals surface area contributed by atoms with Gasteiger partial charge in [0.25, 0.3) is 0 Å². The van der Waals surface area contributed by atoms with Crippen LogP contribution in [0.15, 0.2) is 36.2 Å². The highest BCUT2D eigenvalue weighted by molar-refractivity contribution is 5.71. The second-order valence-electron chi connectivity index (χ2n) is 2.98. The average Bonchev–Trinajstić information content (AvgIpc) is 2.55. The summed E-state index contributed by atoms with van der Waals surface area (Å²) in [6.07, 6.45) is 9.49. The standard InChI is InChI=1S/C10H11N/c1-8-2-3-9(6-8)10-4-5-11-7-10/h2-5,7,11H,6H2,1H3. The molecule has 1 aromatic rings. The van der Waals surface area contributed by atoms with Crippen molar-refractivity contribution in [3.63, 3.8) is 0 Å². The Kier molecular flexibility index (Phi) is 1.42. The van der Waals surface area contributed by atoms with Gasteiger partial charge in [0.05, 0.1) is 0 Å². The second kappa shape index (κ2) is 2.42. The molecule has 0 fully saturated rings. The van der Waals surface area contributed by atoms with Crippen molar-refractivity contribution in [3.8, 4) is 0 Å². The van der Waals surface area contributed by atoms with Crippen LogP contribution in [0.5, 0.6) is 0 Å². The van der Waals surface area contributed by atoms with Gasteiger partial charge in [-0.15, -0.1) is 0 Å². The fraction of sp³-hybridized carbons (Fsp3) is 0.200. The molecule has 2 rings (SSSR count). The Balaban J connectivity index is 2.23. The average molecular weight is 145 g/mol. The van der Waals surface area contributed by atoms with E-state index in [9.17, 15) is 0 Å². The number of hydrogen-bond acceptors (Lipinski definition) is 0. The Morgan fingerprint density at radius 2 is 2.27 bits per heavy atom. The van der Waals surface area contributed by atoms with Gasteiger partial charge in [0.1, 0.15) is 0 Å². The molecular weight excluding hydrogens is 134 g/mol. The predicted molar refractivity (Wildman–Crippen MR) is 47.1 cm³/mol. The van der Waals surface area contributed by atoms with Gasteiger partial charge in [-0.05, 0) is 30.5 Å². The molecule has 0 saturated heterocycles. The van der Waals surface area contributed by atoms with Gasteiger partial charge in [0, 0.05) is 12.4 Å². The monoisotopic (exact) mass is 145 g/mol. The molecule has 1 nitrogen and oxygen atoms in total. The van der Waals surface area contributed by atoms with E-state index in [2.05, 4.69) is 30.1 Å². The molecule has 0 atom stereocenters. The highest BCUT2D eigenvalue weighted by Crippen LogP contribution is 2.26. The third kappa shape index (κ3) is 1.14. The summed E-state index contributed by atoms with van der Waals surface area (Å²) in [5, 5.41) is 0. The maximum Gasteiger partial charge on any atom is 0.00810 e.